The number of nitriles is 1. The molecule has 142 valence electrons. The fourth-order valence-electron chi connectivity index (χ4n) is 2.86. The highest BCUT2D eigenvalue weighted by Gasteiger charge is 2.38. The zero-order valence-corrected chi connectivity index (χ0v) is 16.4. The second-order valence-corrected chi connectivity index (χ2v) is 7.94. The Morgan fingerprint density at radius 3 is 2.37 bits per heavy atom. The average Bonchev–Trinajstić information content (AvgIpc) is 2.60. The molecule has 0 saturated heterocycles. The van der Waals surface area contributed by atoms with Gasteiger partial charge in [0.15, 0.2) is 0 Å². The molecule has 27 heavy (non-hydrogen) atoms. The SMILES string of the molecule is CC(CC1=C(C#N)C(=O)N(N(C)C(=O)c2ccccc2)C(=O)C1)C(C)(C)C. The molecule has 6 nitrogen and oxygen atoms in total. The van der Waals surface area contributed by atoms with Crippen LogP contribution in [0.25, 0.3) is 0 Å². The molecule has 0 N–H and O–H groups in total. The summed E-state index contributed by atoms with van der Waals surface area (Å²) in [7, 11) is 1.36. The molecule has 0 spiro atoms. The van der Waals surface area contributed by atoms with Crippen LogP contribution in [0.1, 0.15) is 50.9 Å². The first-order chi connectivity index (χ1) is 12.6. The lowest BCUT2D eigenvalue weighted by Crippen LogP contribution is -2.53. The van der Waals surface area contributed by atoms with Crippen LogP contribution in [0.3, 0.4) is 0 Å². The van der Waals surface area contributed by atoms with Gasteiger partial charge in [0.25, 0.3) is 17.7 Å². The summed E-state index contributed by atoms with van der Waals surface area (Å²) < 4.78 is 0. The van der Waals surface area contributed by atoms with Gasteiger partial charge in [-0.3, -0.25) is 14.4 Å². The van der Waals surface area contributed by atoms with Crippen LogP contribution in [-0.4, -0.2) is 34.8 Å². The number of hydrazine groups is 1. The van der Waals surface area contributed by atoms with E-state index in [0.29, 0.717) is 17.6 Å². The van der Waals surface area contributed by atoms with E-state index in [1.165, 1.54) is 7.05 Å². The summed E-state index contributed by atoms with van der Waals surface area (Å²) in [6.07, 6.45) is 0.454. The molecule has 0 aliphatic carbocycles. The van der Waals surface area contributed by atoms with Crippen LogP contribution >= 0.6 is 0 Å². The third-order valence-corrected chi connectivity index (χ3v) is 5.12. The van der Waals surface area contributed by atoms with Crippen LogP contribution in [0.2, 0.25) is 0 Å². The fraction of sp³-hybridized carbons (Fsp3) is 0.429. The van der Waals surface area contributed by atoms with Crippen LogP contribution in [0.15, 0.2) is 41.5 Å². The fourth-order valence-corrected chi connectivity index (χ4v) is 2.86. The number of amides is 3. The Morgan fingerprint density at radius 2 is 1.85 bits per heavy atom. The van der Waals surface area contributed by atoms with Gasteiger partial charge in [-0.2, -0.15) is 10.3 Å². The number of hydrogen-bond donors (Lipinski definition) is 0. The predicted molar refractivity (Wildman–Crippen MR) is 101 cm³/mol. The molecule has 0 fully saturated rings. The van der Waals surface area contributed by atoms with Crippen molar-refractivity contribution in [1.82, 2.24) is 10.0 Å². The van der Waals surface area contributed by atoms with E-state index in [9.17, 15) is 19.6 Å². The van der Waals surface area contributed by atoms with Crippen molar-refractivity contribution in [2.75, 3.05) is 7.05 Å². The molecule has 6 heteroatoms. The van der Waals surface area contributed by atoms with Crippen molar-refractivity contribution in [3.05, 3.63) is 47.0 Å². The Hall–Kier alpha value is -2.94. The predicted octanol–water partition coefficient (Wildman–Crippen LogP) is 3.32. The van der Waals surface area contributed by atoms with E-state index in [0.717, 1.165) is 10.0 Å². The Bertz CT molecular complexity index is 828. The molecule has 1 atom stereocenters. The smallest absolute Gasteiger partial charge is 0.272 e. The number of nitrogens with zero attached hydrogens (tertiary/aromatic N) is 3. The quantitative estimate of drug-likeness (QED) is 0.765. The van der Waals surface area contributed by atoms with Crippen LogP contribution in [0.5, 0.6) is 0 Å². The Balaban J connectivity index is 2.32. The average molecular weight is 367 g/mol. The zero-order valence-electron chi connectivity index (χ0n) is 16.4. The molecule has 0 bridgehead atoms. The third kappa shape index (κ3) is 4.25. The van der Waals surface area contributed by atoms with E-state index >= 15 is 0 Å². The van der Waals surface area contributed by atoms with Gasteiger partial charge in [-0.05, 0) is 35.5 Å². The lowest BCUT2D eigenvalue weighted by Gasteiger charge is -2.35. The van der Waals surface area contributed by atoms with Crippen molar-refractivity contribution >= 4 is 17.7 Å². The molecule has 1 heterocycles. The molecule has 3 amide bonds. The van der Waals surface area contributed by atoms with E-state index < -0.39 is 17.7 Å². The van der Waals surface area contributed by atoms with Gasteiger partial charge in [0, 0.05) is 12.6 Å². The van der Waals surface area contributed by atoms with E-state index in [2.05, 4.69) is 20.8 Å². The molecule has 1 aromatic carbocycles. The highest BCUT2D eigenvalue weighted by Crippen LogP contribution is 2.34. The minimum absolute atomic E-state index is 0.0170. The van der Waals surface area contributed by atoms with Crippen molar-refractivity contribution in [3.8, 4) is 6.07 Å². The standard InChI is InChI=1S/C21H25N3O3/c1-14(21(2,3)4)11-16-12-18(25)24(20(27)17(16)13-22)23(5)19(26)15-9-7-6-8-10-15/h6-10,14H,11-12H2,1-5H3. The van der Waals surface area contributed by atoms with Crippen LogP contribution in [0.4, 0.5) is 0 Å². The number of rotatable bonds is 4. The van der Waals surface area contributed by atoms with E-state index in [1.54, 1.807) is 30.3 Å². The third-order valence-electron chi connectivity index (χ3n) is 5.12. The van der Waals surface area contributed by atoms with Crippen molar-refractivity contribution < 1.29 is 14.4 Å². The number of carbonyl (C=O) groups is 3. The maximum Gasteiger partial charge on any atom is 0.290 e. The topological polar surface area (TPSA) is 81.5 Å². The van der Waals surface area contributed by atoms with Crippen molar-refractivity contribution in [2.45, 2.75) is 40.5 Å². The first kappa shape index (κ1) is 20.4. The van der Waals surface area contributed by atoms with Crippen LogP contribution < -0.4 is 0 Å². The van der Waals surface area contributed by atoms with Gasteiger partial charge >= 0.3 is 0 Å². The molecule has 0 saturated carbocycles. The van der Waals surface area contributed by atoms with Gasteiger partial charge < -0.3 is 0 Å². The van der Waals surface area contributed by atoms with Crippen molar-refractivity contribution in [1.29, 1.82) is 5.26 Å². The maximum absolute atomic E-state index is 12.8. The summed E-state index contributed by atoms with van der Waals surface area (Å²) in [5.74, 6) is -1.54. The summed E-state index contributed by atoms with van der Waals surface area (Å²) in [6.45, 7) is 8.27. The van der Waals surface area contributed by atoms with Crippen molar-refractivity contribution in [3.63, 3.8) is 0 Å². The van der Waals surface area contributed by atoms with Gasteiger partial charge in [0.2, 0.25) is 0 Å². The highest BCUT2D eigenvalue weighted by atomic mass is 16.2. The van der Waals surface area contributed by atoms with Gasteiger partial charge in [-0.1, -0.05) is 45.9 Å². The Kier molecular flexibility index (Phi) is 5.85. The molecule has 1 aliphatic rings. The van der Waals surface area contributed by atoms with E-state index in [1.807, 2.05) is 13.0 Å². The second kappa shape index (κ2) is 7.75. The molecule has 0 aromatic heterocycles. The molecule has 1 aliphatic heterocycles. The lowest BCUT2D eigenvalue weighted by molar-refractivity contribution is -0.156. The molecular formula is C21H25N3O3. The van der Waals surface area contributed by atoms with Crippen molar-refractivity contribution in [2.24, 2.45) is 11.3 Å². The summed E-state index contributed by atoms with van der Waals surface area (Å²) in [5, 5.41) is 11.3. The monoisotopic (exact) mass is 367 g/mol. The van der Waals surface area contributed by atoms with Gasteiger partial charge in [-0.15, -0.1) is 0 Å². The number of imide groups is 1. The van der Waals surface area contributed by atoms with E-state index in [4.69, 9.17) is 0 Å². The first-order valence-corrected chi connectivity index (χ1v) is 8.90. The van der Waals surface area contributed by atoms with Gasteiger partial charge in [0.1, 0.15) is 11.6 Å². The summed E-state index contributed by atoms with van der Waals surface area (Å²) >= 11 is 0. The molecule has 2 rings (SSSR count). The zero-order chi connectivity index (χ0) is 20.4. The highest BCUT2D eigenvalue weighted by molar-refractivity contribution is 6.12. The lowest BCUT2D eigenvalue weighted by atomic mass is 9.77. The molecule has 1 unspecified atom stereocenters. The molecule has 1 aromatic rings. The van der Waals surface area contributed by atoms with E-state index in [-0.39, 0.29) is 23.3 Å². The Labute approximate surface area is 160 Å². The summed E-state index contributed by atoms with van der Waals surface area (Å²) in [5.41, 5.74) is 0.844. The summed E-state index contributed by atoms with van der Waals surface area (Å²) in [4.78, 5) is 38.1. The molecule has 0 radical (unpaired) electrons. The minimum Gasteiger partial charge on any atom is -0.272 e. The van der Waals surface area contributed by atoms with Gasteiger partial charge in [-0.25, -0.2) is 5.01 Å². The number of carbonyl (C=O) groups excluding carboxylic acids is 3. The van der Waals surface area contributed by atoms with Crippen LogP contribution in [-0.2, 0) is 9.59 Å². The summed E-state index contributed by atoms with van der Waals surface area (Å²) in [6, 6.07) is 10.3. The first-order valence-electron chi connectivity index (χ1n) is 8.90. The normalized spacial score (nSPS) is 16.2. The largest absolute Gasteiger partial charge is 0.290 e. The Morgan fingerprint density at radius 1 is 1.26 bits per heavy atom. The molecular weight excluding hydrogens is 342 g/mol. The van der Waals surface area contributed by atoms with Gasteiger partial charge in [0.05, 0.1) is 6.42 Å². The number of benzene rings is 1. The van der Waals surface area contributed by atoms with Crippen LogP contribution in [0, 0.1) is 22.7 Å². The maximum atomic E-state index is 12.8. The minimum atomic E-state index is -0.739. The number of hydrogen-bond acceptors (Lipinski definition) is 4. The second-order valence-electron chi connectivity index (χ2n) is 7.94.